The predicted molar refractivity (Wildman–Crippen MR) is 100 cm³/mol. The van der Waals surface area contributed by atoms with Gasteiger partial charge >= 0.3 is 0 Å². The minimum absolute atomic E-state index is 0.540. The molecule has 1 atom stereocenters. The Kier molecular flexibility index (Phi) is 6.13. The Balaban J connectivity index is 1.54. The van der Waals surface area contributed by atoms with Crippen molar-refractivity contribution in [3.8, 4) is 5.75 Å². The Labute approximate surface area is 153 Å². The van der Waals surface area contributed by atoms with E-state index in [2.05, 4.69) is 14.8 Å². The highest BCUT2D eigenvalue weighted by molar-refractivity contribution is 6.32. The SMILES string of the molecule is CCOc1ccc([C@@H](O)CN2CCN(c3ccccn3)CC2)cc1Cl. The summed E-state index contributed by atoms with van der Waals surface area (Å²) in [5.74, 6) is 1.67. The number of aromatic nitrogens is 1. The molecule has 0 radical (unpaired) electrons. The van der Waals surface area contributed by atoms with E-state index in [1.165, 1.54) is 0 Å². The van der Waals surface area contributed by atoms with Crippen LogP contribution in [0.15, 0.2) is 42.6 Å². The van der Waals surface area contributed by atoms with Crippen LogP contribution in [-0.4, -0.2) is 54.3 Å². The Bertz CT molecular complexity index is 676. The third kappa shape index (κ3) is 4.63. The van der Waals surface area contributed by atoms with Crippen molar-refractivity contribution in [3.63, 3.8) is 0 Å². The molecule has 1 fully saturated rings. The first-order valence-electron chi connectivity index (χ1n) is 8.66. The number of pyridine rings is 1. The Hall–Kier alpha value is -1.82. The van der Waals surface area contributed by atoms with Gasteiger partial charge in [0.15, 0.2) is 0 Å². The summed E-state index contributed by atoms with van der Waals surface area (Å²) < 4.78 is 5.44. The lowest BCUT2D eigenvalue weighted by Gasteiger charge is -2.36. The van der Waals surface area contributed by atoms with Crippen molar-refractivity contribution in [2.75, 3.05) is 44.2 Å². The van der Waals surface area contributed by atoms with Gasteiger partial charge in [-0.15, -0.1) is 0 Å². The van der Waals surface area contributed by atoms with Gasteiger partial charge in [0, 0.05) is 38.9 Å². The van der Waals surface area contributed by atoms with Crippen LogP contribution < -0.4 is 9.64 Å². The fourth-order valence-corrected chi connectivity index (χ4v) is 3.29. The molecule has 6 heteroatoms. The van der Waals surface area contributed by atoms with E-state index < -0.39 is 6.10 Å². The topological polar surface area (TPSA) is 48.8 Å². The van der Waals surface area contributed by atoms with Gasteiger partial charge in [-0.05, 0) is 36.8 Å². The second-order valence-corrected chi connectivity index (χ2v) is 6.52. The fraction of sp³-hybridized carbons (Fsp3) is 0.421. The van der Waals surface area contributed by atoms with Crippen molar-refractivity contribution in [3.05, 3.63) is 53.2 Å². The summed E-state index contributed by atoms with van der Waals surface area (Å²) in [6, 6.07) is 11.5. The molecule has 2 aromatic rings. The van der Waals surface area contributed by atoms with Crippen LogP contribution in [0.3, 0.4) is 0 Å². The molecule has 134 valence electrons. The molecule has 0 spiro atoms. The molecule has 0 aliphatic carbocycles. The zero-order chi connectivity index (χ0) is 17.6. The van der Waals surface area contributed by atoms with Crippen LogP contribution in [0.1, 0.15) is 18.6 Å². The number of aliphatic hydroxyl groups is 1. The average Bonchev–Trinajstić information content (AvgIpc) is 2.65. The van der Waals surface area contributed by atoms with E-state index in [4.69, 9.17) is 16.3 Å². The van der Waals surface area contributed by atoms with Crippen LogP contribution in [0.4, 0.5) is 5.82 Å². The van der Waals surface area contributed by atoms with Gasteiger partial charge in [-0.2, -0.15) is 0 Å². The van der Waals surface area contributed by atoms with Crippen LogP contribution in [0.2, 0.25) is 5.02 Å². The fourth-order valence-electron chi connectivity index (χ4n) is 3.05. The molecule has 2 heterocycles. The summed E-state index contributed by atoms with van der Waals surface area (Å²) in [7, 11) is 0. The number of halogens is 1. The van der Waals surface area contributed by atoms with Crippen LogP contribution in [0.25, 0.3) is 0 Å². The molecular formula is C19H24ClN3O2. The highest BCUT2D eigenvalue weighted by Crippen LogP contribution is 2.28. The smallest absolute Gasteiger partial charge is 0.137 e. The standard InChI is InChI=1S/C19H24ClN3O2/c1-2-25-18-7-6-15(13-16(18)20)17(24)14-22-9-11-23(12-10-22)19-5-3-4-8-21-19/h3-8,13,17,24H,2,9-12,14H2,1H3/t17-/m0/s1. The highest BCUT2D eigenvalue weighted by atomic mass is 35.5. The van der Waals surface area contributed by atoms with Crippen LogP contribution in [0.5, 0.6) is 5.75 Å². The maximum atomic E-state index is 10.5. The number of hydrogen-bond acceptors (Lipinski definition) is 5. The first kappa shape index (κ1) is 18.0. The van der Waals surface area contributed by atoms with E-state index in [9.17, 15) is 5.11 Å². The van der Waals surface area contributed by atoms with Gasteiger partial charge in [0.2, 0.25) is 0 Å². The maximum absolute atomic E-state index is 10.5. The molecule has 0 amide bonds. The van der Waals surface area contributed by atoms with Gasteiger partial charge in [-0.25, -0.2) is 4.98 Å². The first-order chi connectivity index (χ1) is 12.2. The van der Waals surface area contributed by atoms with Crippen molar-refractivity contribution < 1.29 is 9.84 Å². The van der Waals surface area contributed by atoms with Gasteiger partial charge in [-0.3, -0.25) is 4.90 Å². The summed E-state index contributed by atoms with van der Waals surface area (Å²) in [6.07, 6.45) is 1.26. The van der Waals surface area contributed by atoms with E-state index in [0.29, 0.717) is 23.9 Å². The lowest BCUT2D eigenvalue weighted by molar-refractivity contribution is 0.109. The molecule has 0 unspecified atom stereocenters. The summed E-state index contributed by atoms with van der Waals surface area (Å²) in [4.78, 5) is 8.95. The number of ether oxygens (including phenoxy) is 1. The van der Waals surface area contributed by atoms with E-state index in [1.54, 1.807) is 6.07 Å². The van der Waals surface area contributed by atoms with E-state index in [0.717, 1.165) is 37.6 Å². The van der Waals surface area contributed by atoms with E-state index >= 15 is 0 Å². The third-order valence-electron chi connectivity index (χ3n) is 4.42. The minimum atomic E-state index is -0.561. The minimum Gasteiger partial charge on any atom is -0.492 e. The first-order valence-corrected chi connectivity index (χ1v) is 9.04. The number of rotatable bonds is 6. The van der Waals surface area contributed by atoms with Crippen LogP contribution in [-0.2, 0) is 0 Å². The quantitative estimate of drug-likeness (QED) is 0.857. The molecular weight excluding hydrogens is 338 g/mol. The van der Waals surface area contributed by atoms with Crippen molar-refractivity contribution in [2.24, 2.45) is 0 Å². The van der Waals surface area contributed by atoms with Gasteiger partial charge in [0.05, 0.1) is 17.7 Å². The van der Waals surface area contributed by atoms with Crippen LogP contribution in [0, 0.1) is 0 Å². The Morgan fingerprint density at radius 1 is 1.20 bits per heavy atom. The Morgan fingerprint density at radius 2 is 2.00 bits per heavy atom. The average molecular weight is 362 g/mol. The van der Waals surface area contributed by atoms with Crippen molar-refractivity contribution in [1.29, 1.82) is 0 Å². The number of β-amino-alcohol motifs (C(OH)–C–C–N with tert-alkyl or cyclic N) is 1. The summed E-state index contributed by atoms with van der Waals surface area (Å²) in [5, 5.41) is 11.1. The van der Waals surface area contributed by atoms with Crippen molar-refractivity contribution >= 4 is 17.4 Å². The lowest BCUT2D eigenvalue weighted by atomic mass is 10.1. The number of piperazine rings is 1. The predicted octanol–water partition coefficient (Wildman–Crippen LogP) is 2.99. The van der Waals surface area contributed by atoms with Gasteiger partial charge in [0.25, 0.3) is 0 Å². The van der Waals surface area contributed by atoms with E-state index in [-0.39, 0.29) is 0 Å². The second-order valence-electron chi connectivity index (χ2n) is 6.11. The van der Waals surface area contributed by atoms with E-state index in [1.807, 2.05) is 43.5 Å². The molecule has 25 heavy (non-hydrogen) atoms. The number of anilines is 1. The Morgan fingerprint density at radius 3 is 2.64 bits per heavy atom. The number of nitrogens with zero attached hydrogens (tertiary/aromatic N) is 3. The van der Waals surface area contributed by atoms with Crippen molar-refractivity contribution in [2.45, 2.75) is 13.0 Å². The molecule has 1 aliphatic rings. The maximum Gasteiger partial charge on any atom is 0.137 e. The normalized spacial score (nSPS) is 16.7. The molecule has 1 aliphatic heterocycles. The summed E-state index contributed by atoms with van der Waals surface area (Å²) in [6.45, 7) is 6.71. The van der Waals surface area contributed by atoms with Gasteiger partial charge < -0.3 is 14.7 Å². The summed E-state index contributed by atoms with van der Waals surface area (Å²) >= 11 is 6.22. The number of benzene rings is 1. The zero-order valence-electron chi connectivity index (χ0n) is 14.4. The lowest BCUT2D eigenvalue weighted by Crippen LogP contribution is -2.47. The molecule has 1 aromatic carbocycles. The monoisotopic (exact) mass is 361 g/mol. The van der Waals surface area contributed by atoms with Crippen molar-refractivity contribution in [1.82, 2.24) is 9.88 Å². The zero-order valence-corrected chi connectivity index (χ0v) is 15.2. The molecule has 1 saturated heterocycles. The molecule has 1 aromatic heterocycles. The van der Waals surface area contributed by atoms with Gasteiger partial charge in [-0.1, -0.05) is 23.7 Å². The molecule has 3 rings (SSSR count). The van der Waals surface area contributed by atoms with Gasteiger partial charge in [0.1, 0.15) is 11.6 Å². The summed E-state index contributed by atoms with van der Waals surface area (Å²) in [5.41, 5.74) is 0.820. The highest BCUT2D eigenvalue weighted by Gasteiger charge is 2.21. The molecule has 0 bridgehead atoms. The number of hydrogen-bond donors (Lipinski definition) is 1. The molecule has 1 N–H and O–H groups in total. The third-order valence-corrected chi connectivity index (χ3v) is 4.71. The second kappa shape index (κ2) is 8.52. The molecule has 5 nitrogen and oxygen atoms in total. The largest absolute Gasteiger partial charge is 0.492 e. The van der Waals surface area contributed by atoms with Crippen LogP contribution >= 0.6 is 11.6 Å². The number of aliphatic hydroxyl groups excluding tert-OH is 1. The molecule has 0 saturated carbocycles.